The van der Waals surface area contributed by atoms with Crippen LogP contribution < -0.4 is 4.74 Å². The van der Waals surface area contributed by atoms with E-state index < -0.39 is 0 Å². The van der Waals surface area contributed by atoms with E-state index in [4.69, 9.17) is 4.74 Å². The summed E-state index contributed by atoms with van der Waals surface area (Å²) in [5.41, 5.74) is 3.69. The lowest BCUT2D eigenvalue weighted by molar-refractivity contribution is 0.469. The van der Waals surface area contributed by atoms with Crippen LogP contribution in [0.25, 0.3) is 21.9 Å². The molecule has 0 amide bonds. The van der Waals surface area contributed by atoms with Crippen molar-refractivity contribution in [2.75, 3.05) is 0 Å². The fraction of sp³-hybridized carbons (Fsp3) is 0.0455. The largest absolute Gasteiger partial charge is 0.438 e. The molecule has 0 atom stereocenters. The van der Waals surface area contributed by atoms with Crippen molar-refractivity contribution in [2.24, 2.45) is 0 Å². The van der Waals surface area contributed by atoms with Crippen LogP contribution in [-0.4, -0.2) is 4.98 Å². The minimum atomic E-state index is 0.640. The molecule has 0 radical (unpaired) electrons. The third-order valence-corrected chi connectivity index (χ3v) is 4.22. The minimum Gasteiger partial charge on any atom is -0.438 e. The molecule has 3 aromatic carbocycles. The summed E-state index contributed by atoms with van der Waals surface area (Å²) in [6, 6.07) is 26.5. The van der Waals surface area contributed by atoms with E-state index in [0.29, 0.717) is 5.88 Å². The molecule has 1 heterocycles. The highest BCUT2D eigenvalue weighted by Crippen LogP contribution is 2.34. The average molecular weight is 311 g/mol. The van der Waals surface area contributed by atoms with Crippen LogP contribution in [0.2, 0.25) is 0 Å². The molecule has 0 unspecified atom stereocenters. The summed E-state index contributed by atoms with van der Waals surface area (Å²) in [5, 5.41) is 2.19. The predicted octanol–water partition coefficient (Wildman–Crippen LogP) is 6.00. The smallest absolute Gasteiger partial charge is 0.227 e. The SMILES string of the molecule is Cc1c(-c2ccccc2)ccc2c(Oc3ccccc3)nccc12. The van der Waals surface area contributed by atoms with Crippen LogP contribution in [0, 0.1) is 6.92 Å². The Morgan fingerprint density at radius 1 is 0.708 bits per heavy atom. The monoisotopic (exact) mass is 311 g/mol. The van der Waals surface area contributed by atoms with Gasteiger partial charge >= 0.3 is 0 Å². The number of pyridine rings is 1. The van der Waals surface area contributed by atoms with Crippen molar-refractivity contribution in [1.82, 2.24) is 4.98 Å². The Hall–Kier alpha value is -3.13. The summed E-state index contributed by atoms with van der Waals surface area (Å²) < 4.78 is 5.98. The fourth-order valence-corrected chi connectivity index (χ4v) is 2.99. The predicted molar refractivity (Wildman–Crippen MR) is 98.4 cm³/mol. The zero-order chi connectivity index (χ0) is 16.4. The van der Waals surface area contributed by atoms with E-state index >= 15 is 0 Å². The van der Waals surface area contributed by atoms with Gasteiger partial charge in [-0.25, -0.2) is 4.98 Å². The lowest BCUT2D eigenvalue weighted by atomic mass is 9.96. The number of rotatable bonds is 3. The van der Waals surface area contributed by atoms with Crippen LogP contribution in [0.3, 0.4) is 0 Å². The van der Waals surface area contributed by atoms with Gasteiger partial charge in [0.15, 0.2) is 0 Å². The summed E-state index contributed by atoms with van der Waals surface area (Å²) in [5.74, 6) is 1.43. The van der Waals surface area contributed by atoms with Crippen LogP contribution in [0.15, 0.2) is 85.1 Å². The molecular formula is C22H17NO. The number of hydrogen-bond donors (Lipinski definition) is 0. The first-order valence-corrected chi connectivity index (χ1v) is 7.99. The number of ether oxygens (including phenoxy) is 1. The Morgan fingerprint density at radius 3 is 2.17 bits per heavy atom. The van der Waals surface area contributed by atoms with Crippen LogP contribution in [0.4, 0.5) is 0 Å². The minimum absolute atomic E-state index is 0.640. The fourth-order valence-electron chi connectivity index (χ4n) is 2.99. The normalized spacial score (nSPS) is 10.7. The molecule has 116 valence electrons. The quantitative estimate of drug-likeness (QED) is 0.463. The van der Waals surface area contributed by atoms with Crippen molar-refractivity contribution in [2.45, 2.75) is 6.92 Å². The third kappa shape index (κ3) is 2.63. The molecule has 4 rings (SSSR count). The zero-order valence-electron chi connectivity index (χ0n) is 13.4. The lowest BCUT2D eigenvalue weighted by Gasteiger charge is -2.12. The molecular weight excluding hydrogens is 294 g/mol. The summed E-state index contributed by atoms with van der Waals surface area (Å²) in [6.07, 6.45) is 1.81. The maximum absolute atomic E-state index is 5.98. The van der Waals surface area contributed by atoms with E-state index in [1.54, 1.807) is 0 Å². The van der Waals surface area contributed by atoms with Crippen molar-refractivity contribution in [3.05, 3.63) is 90.6 Å². The highest BCUT2D eigenvalue weighted by atomic mass is 16.5. The summed E-state index contributed by atoms with van der Waals surface area (Å²) in [4.78, 5) is 4.42. The average Bonchev–Trinajstić information content (AvgIpc) is 2.64. The van der Waals surface area contributed by atoms with Gasteiger partial charge in [-0.2, -0.15) is 0 Å². The van der Waals surface area contributed by atoms with Gasteiger partial charge in [0.05, 0.1) is 0 Å². The number of fused-ring (bicyclic) bond motifs is 1. The Labute approximate surface area is 141 Å². The van der Waals surface area contributed by atoms with E-state index in [-0.39, 0.29) is 0 Å². The van der Waals surface area contributed by atoms with Crippen molar-refractivity contribution >= 4 is 10.8 Å². The molecule has 4 aromatic rings. The second kappa shape index (κ2) is 6.17. The van der Waals surface area contributed by atoms with E-state index in [1.807, 2.05) is 42.6 Å². The summed E-state index contributed by atoms with van der Waals surface area (Å²) in [7, 11) is 0. The molecule has 0 N–H and O–H groups in total. The van der Waals surface area contributed by atoms with Crippen LogP contribution >= 0.6 is 0 Å². The van der Waals surface area contributed by atoms with E-state index in [2.05, 4.69) is 54.4 Å². The molecule has 0 spiro atoms. The Bertz CT molecular complexity index is 979. The van der Waals surface area contributed by atoms with E-state index in [0.717, 1.165) is 16.5 Å². The highest BCUT2D eigenvalue weighted by molar-refractivity contribution is 5.94. The number of aromatic nitrogens is 1. The van der Waals surface area contributed by atoms with Gasteiger partial charge in [0.2, 0.25) is 5.88 Å². The van der Waals surface area contributed by atoms with Crippen LogP contribution in [0.5, 0.6) is 11.6 Å². The number of aryl methyl sites for hydroxylation is 1. The van der Waals surface area contributed by atoms with Crippen molar-refractivity contribution in [3.8, 4) is 22.8 Å². The first-order chi connectivity index (χ1) is 11.8. The molecule has 0 saturated carbocycles. The first-order valence-electron chi connectivity index (χ1n) is 7.99. The van der Waals surface area contributed by atoms with E-state index in [1.165, 1.54) is 16.7 Å². The Kier molecular flexibility index (Phi) is 3.72. The van der Waals surface area contributed by atoms with Crippen molar-refractivity contribution < 1.29 is 4.74 Å². The molecule has 0 aliphatic rings. The van der Waals surface area contributed by atoms with Crippen LogP contribution in [-0.2, 0) is 0 Å². The number of nitrogens with zero attached hydrogens (tertiary/aromatic N) is 1. The topological polar surface area (TPSA) is 22.1 Å². The molecule has 1 aromatic heterocycles. The number of para-hydroxylation sites is 1. The van der Waals surface area contributed by atoms with Gasteiger partial charge in [0.1, 0.15) is 5.75 Å². The first kappa shape index (κ1) is 14.5. The number of hydrogen-bond acceptors (Lipinski definition) is 2. The van der Waals surface area contributed by atoms with E-state index in [9.17, 15) is 0 Å². The summed E-state index contributed by atoms with van der Waals surface area (Å²) in [6.45, 7) is 2.15. The van der Waals surface area contributed by atoms with Gasteiger partial charge in [-0.15, -0.1) is 0 Å². The lowest BCUT2D eigenvalue weighted by Crippen LogP contribution is -1.92. The second-order valence-corrected chi connectivity index (χ2v) is 5.73. The maximum Gasteiger partial charge on any atom is 0.227 e. The standard InChI is InChI=1S/C22H17NO/c1-16-19(17-8-4-2-5-9-17)12-13-21-20(16)14-15-23-22(21)24-18-10-6-3-7-11-18/h2-15H,1H3. The number of benzene rings is 3. The molecule has 2 nitrogen and oxygen atoms in total. The van der Waals surface area contributed by atoms with Gasteiger partial charge < -0.3 is 4.74 Å². The Balaban J connectivity index is 1.83. The molecule has 0 aliphatic carbocycles. The maximum atomic E-state index is 5.98. The summed E-state index contributed by atoms with van der Waals surface area (Å²) >= 11 is 0. The zero-order valence-corrected chi connectivity index (χ0v) is 13.4. The van der Waals surface area contributed by atoms with Crippen molar-refractivity contribution in [3.63, 3.8) is 0 Å². The highest BCUT2D eigenvalue weighted by Gasteiger charge is 2.10. The van der Waals surface area contributed by atoms with Gasteiger partial charge in [0.25, 0.3) is 0 Å². The third-order valence-electron chi connectivity index (χ3n) is 4.22. The van der Waals surface area contributed by atoms with Gasteiger partial charge in [0, 0.05) is 11.6 Å². The molecule has 24 heavy (non-hydrogen) atoms. The second-order valence-electron chi connectivity index (χ2n) is 5.73. The molecule has 0 aliphatic heterocycles. The van der Waals surface area contributed by atoms with Crippen molar-refractivity contribution in [1.29, 1.82) is 0 Å². The van der Waals surface area contributed by atoms with Gasteiger partial charge in [-0.1, -0.05) is 54.6 Å². The molecule has 0 saturated heterocycles. The molecule has 2 heteroatoms. The molecule has 0 fully saturated rings. The van der Waals surface area contributed by atoms with Crippen LogP contribution in [0.1, 0.15) is 5.56 Å². The van der Waals surface area contributed by atoms with Gasteiger partial charge in [-0.05, 0) is 53.3 Å². The molecule has 0 bridgehead atoms. The van der Waals surface area contributed by atoms with Gasteiger partial charge in [-0.3, -0.25) is 0 Å². The Morgan fingerprint density at radius 2 is 1.42 bits per heavy atom.